The molecule has 0 radical (unpaired) electrons. The van der Waals surface area contributed by atoms with Gasteiger partial charge in [-0.05, 0) is 24.6 Å². The van der Waals surface area contributed by atoms with Crippen molar-refractivity contribution in [3.05, 3.63) is 47.2 Å². The van der Waals surface area contributed by atoms with E-state index in [1.165, 1.54) is 23.5 Å². The molecule has 2 atom stereocenters. The van der Waals surface area contributed by atoms with Crippen molar-refractivity contribution < 1.29 is 13.9 Å². The number of hydrogen-bond donors (Lipinski definition) is 1. The van der Waals surface area contributed by atoms with Crippen LogP contribution in [0.25, 0.3) is 0 Å². The first-order chi connectivity index (χ1) is 11.1. The van der Waals surface area contributed by atoms with Crippen LogP contribution in [0.15, 0.2) is 35.8 Å². The summed E-state index contributed by atoms with van der Waals surface area (Å²) in [6, 6.07) is 6.02. The summed E-state index contributed by atoms with van der Waals surface area (Å²) in [5, 5.41) is 5.24. The Morgan fingerprint density at radius 2 is 2.26 bits per heavy atom. The Morgan fingerprint density at radius 1 is 1.48 bits per heavy atom. The molecule has 0 aliphatic carbocycles. The normalized spacial score (nSPS) is 20.2. The van der Waals surface area contributed by atoms with Gasteiger partial charge in [-0.15, -0.1) is 11.3 Å². The van der Waals surface area contributed by atoms with Crippen LogP contribution in [0.1, 0.15) is 18.6 Å². The number of morpholine rings is 1. The van der Waals surface area contributed by atoms with Crippen LogP contribution in [0.2, 0.25) is 0 Å². The van der Waals surface area contributed by atoms with E-state index >= 15 is 0 Å². The quantitative estimate of drug-likeness (QED) is 0.933. The molecule has 122 valence electrons. The van der Waals surface area contributed by atoms with Gasteiger partial charge in [0, 0.05) is 24.7 Å². The van der Waals surface area contributed by atoms with Crippen molar-refractivity contribution >= 4 is 22.4 Å². The number of benzene rings is 1. The van der Waals surface area contributed by atoms with E-state index in [0.29, 0.717) is 24.8 Å². The fourth-order valence-electron chi connectivity index (χ4n) is 2.56. The molecule has 3 rings (SSSR count). The Balaban J connectivity index is 1.63. The van der Waals surface area contributed by atoms with Gasteiger partial charge >= 0.3 is 0 Å². The lowest BCUT2D eigenvalue weighted by Gasteiger charge is -2.36. The van der Waals surface area contributed by atoms with E-state index in [0.717, 1.165) is 5.56 Å². The highest BCUT2D eigenvalue weighted by molar-refractivity contribution is 7.13. The van der Waals surface area contributed by atoms with Crippen molar-refractivity contribution in [2.45, 2.75) is 19.1 Å². The fourth-order valence-corrected chi connectivity index (χ4v) is 3.09. The van der Waals surface area contributed by atoms with Gasteiger partial charge in [-0.2, -0.15) is 0 Å². The monoisotopic (exact) mass is 335 g/mol. The second-order valence-electron chi connectivity index (χ2n) is 5.41. The zero-order chi connectivity index (χ0) is 16.2. The lowest BCUT2D eigenvalue weighted by Crippen LogP contribution is -2.48. The predicted octanol–water partition coefficient (Wildman–Crippen LogP) is 2.68. The van der Waals surface area contributed by atoms with Crippen molar-refractivity contribution in [2.75, 3.05) is 25.0 Å². The molecule has 0 unspecified atom stereocenters. The zero-order valence-electron chi connectivity index (χ0n) is 12.7. The Kier molecular flexibility index (Phi) is 5.00. The number of halogens is 1. The molecule has 1 aromatic carbocycles. The van der Waals surface area contributed by atoms with Crippen molar-refractivity contribution in [1.29, 1.82) is 0 Å². The van der Waals surface area contributed by atoms with Gasteiger partial charge in [-0.25, -0.2) is 9.37 Å². The highest BCUT2D eigenvalue weighted by atomic mass is 32.1. The number of amides is 1. The predicted molar refractivity (Wildman–Crippen MR) is 86.9 cm³/mol. The average Bonchev–Trinajstić information content (AvgIpc) is 3.08. The number of anilines is 1. The van der Waals surface area contributed by atoms with Crippen molar-refractivity contribution in [3.8, 4) is 0 Å². The van der Waals surface area contributed by atoms with Crippen LogP contribution in [0.3, 0.4) is 0 Å². The first kappa shape index (κ1) is 16.0. The van der Waals surface area contributed by atoms with Crippen LogP contribution < -0.4 is 5.32 Å². The number of thiazole rings is 1. The smallest absolute Gasteiger partial charge is 0.243 e. The topological polar surface area (TPSA) is 54.5 Å². The van der Waals surface area contributed by atoms with Crippen LogP contribution >= 0.6 is 11.3 Å². The summed E-state index contributed by atoms with van der Waals surface area (Å²) < 4.78 is 18.8. The van der Waals surface area contributed by atoms with Gasteiger partial charge < -0.3 is 10.1 Å². The van der Waals surface area contributed by atoms with E-state index in [1.54, 1.807) is 18.3 Å². The van der Waals surface area contributed by atoms with Gasteiger partial charge in [-0.3, -0.25) is 9.69 Å². The van der Waals surface area contributed by atoms with Crippen LogP contribution in [0, 0.1) is 5.82 Å². The van der Waals surface area contributed by atoms with Crippen molar-refractivity contribution in [3.63, 3.8) is 0 Å². The van der Waals surface area contributed by atoms with Gasteiger partial charge in [0.1, 0.15) is 5.82 Å². The first-order valence-corrected chi connectivity index (χ1v) is 8.33. The summed E-state index contributed by atoms with van der Waals surface area (Å²) in [6.07, 6.45) is 1.50. The lowest BCUT2D eigenvalue weighted by molar-refractivity contribution is -0.124. The van der Waals surface area contributed by atoms with Crippen molar-refractivity contribution in [1.82, 2.24) is 9.88 Å². The number of carbonyl (C=O) groups excluding carboxylic acids is 1. The maximum absolute atomic E-state index is 13.0. The number of aromatic nitrogens is 1. The van der Waals surface area contributed by atoms with Gasteiger partial charge in [0.15, 0.2) is 5.13 Å². The highest BCUT2D eigenvalue weighted by Gasteiger charge is 2.29. The summed E-state index contributed by atoms with van der Waals surface area (Å²) in [6.45, 7) is 3.69. The number of nitrogens with one attached hydrogen (secondary N) is 1. The Hall–Kier alpha value is -1.83. The van der Waals surface area contributed by atoms with Crippen LogP contribution in [-0.2, 0) is 9.53 Å². The van der Waals surface area contributed by atoms with Crippen LogP contribution in [-0.4, -0.2) is 41.5 Å². The summed E-state index contributed by atoms with van der Waals surface area (Å²) in [5.41, 5.74) is 0.920. The molecule has 1 aromatic heterocycles. The number of ether oxygens (including phenoxy) is 1. The molecule has 2 heterocycles. The minimum Gasteiger partial charge on any atom is -0.371 e. The van der Waals surface area contributed by atoms with Gasteiger partial charge in [-0.1, -0.05) is 12.1 Å². The molecule has 7 heteroatoms. The Morgan fingerprint density at radius 3 is 2.96 bits per heavy atom. The fraction of sp³-hybridized carbons (Fsp3) is 0.375. The summed E-state index contributed by atoms with van der Waals surface area (Å²) in [7, 11) is 0. The second-order valence-corrected chi connectivity index (χ2v) is 6.30. The molecule has 0 bridgehead atoms. The number of rotatable bonds is 4. The first-order valence-electron chi connectivity index (χ1n) is 7.45. The molecule has 1 saturated heterocycles. The van der Waals surface area contributed by atoms with E-state index in [-0.39, 0.29) is 23.9 Å². The minimum absolute atomic E-state index is 0.0836. The van der Waals surface area contributed by atoms with Crippen LogP contribution in [0.4, 0.5) is 9.52 Å². The summed E-state index contributed by atoms with van der Waals surface area (Å²) in [5.74, 6) is -0.350. The Bertz CT molecular complexity index is 648. The molecule has 1 fully saturated rings. The maximum atomic E-state index is 13.0. The van der Waals surface area contributed by atoms with E-state index in [2.05, 4.69) is 15.2 Å². The number of carbonyl (C=O) groups is 1. The van der Waals surface area contributed by atoms with Crippen molar-refractivity contribution in [2.24, 2.45) is 0 Å². The largest absolute Gasteiger partial charge is 0.371 e. The highest BCUT2D eigenvalue weighted by Crippen LogP contribution is 2.24. The minimum atomic E-state index is -0.286. The second kappa shape index (κ2) is 7.16. The molecule has 5 nitrogen and oxygen atoms in total. The van der Waals surface area contributed by atoms with Gasteiger partial charge in [0.2, 0.25) is 5.91 Å². The SMILES string of the molecule is C[C@H](C(=O)Nc1nccs1)N1CCO[C@@H](c2ccc(F)cc2)C1. The van der Waals surface area contributed by atoms with E-state index in [4.69, 9.17) is 4.74 Å². The molecule has 0 spiro atoms. The zero-order valence-corrected chi connectivity index (χ0v) is 13.6. The Labute approximate surface area is 138 Å². The van der Waals surface area contributed by atoms with Crippen LogP contribution in [0.5, 0.6) is 0 Å². The molecule has 1 amide bonds. The molecule has 23 heavy (non-hydrogen) atoms. The van der Waals surface area contributed by atoms with E-state index in [9.17, 15) is 9.18 Å². The molecular weight excluding hydrogens is 317 g/mol. The van der Waals surface area contributed by atoms with Gasteiger partial charge in [0.25, 0.3) is 0 Å². The molecular formula is C16H18FN3O2S. The van der Waals surface area contributed by atoms with E-state index in [1.807, 2.05) is 12.3 Å². The van der Waals surface area contributed by atoms with Gasteiger partial charge in [0.05, 0.1) is 18.8 Å². The third-order valence-corrected chi connectivity index (χ3v) is 4.62. The van der Waals surface area contributed by atoms with E-state index < -0.39 is 0 Å². The number of hydrogen-bond acceptors (Lipinski definition) is 5. The summed E-state index contributed by atoms with van der Waals surface area (Å²) in [4.78, 5) is 18.5. The molecule has 1 N–H and O–H groups in total. The number of nitrogens with zero attached hydrogens (tertiary/aromatic N) is 2. The molecule has 1 aliphatic heterocycles. The third-order valence-electron chi connectivity index (χ3n) is 3.93. The molecule has 1 aliphatic rings. The lowest BCUT2D eigenvalue weighted by atomic mass is 10.1. The third kappa shape index (κ3) is 3.93. The standard InChI is InChI=1S/C16H18FN3O2S/c1-11(15(21)19-16-18-6-9-23-16)20-7-8-22-14(10-20)12-2-4-13(17)5-3-12/h2-6,9,11,14H,7-8,10H2,1H3,(H,18,19,21)/t11-,14-/m1/s1. The molecule has 0 saturated carbocycles. The average molecular weight is 335 g/mol. The molecule has 2 aromatic rings. The summed E-state index contributed by atoms with van der Waals surface area (Å²) >= 11 is 1.39. The maximum Gasteiger partial charge on any atom is 0.243 e.